The first-order chi connectivity index (χ1) is 13.7. The summed E-state index contributed by atoms with van der Waals surface area (Å²) >= 11 is 0. The molecule has 1 saturated carbocycles. The van der Waals surface area contributed by atoms with Gasteiger partial charge in [-0.25, -0.2) is 17.6 Å². The van der Waals surface area contributed by atoms with Crippen molar-refractivity contribution >= 4 is 9.84 Å². The lowest BCUT2D eigenvalue weighted by molar-refractivity contribution is 0.285. The average Bonchev–Trinajstić information content (AvgIpc) is 3.47. The number of nitrogens with one attached hydrogen (secondary N) is 1. The van der Waals surface area contributed by atoms with Gasteiger partial charge < -0.3 is 9.30 Å². The van der Waals surface area contributed by atoms with Crippen molar-refractivity contribution in [3.05, 3.63) is 62.7 Å². The van der Waals surface area contributed by atoms with Crippen LogP contribution in [-0.4, -0.2) is 36.1 Å². The number of aromatic amines is 1. The van der Waals surface area contributed by atoms with Crippen molar-refractivity contribution < 1.29 is 17.5 Å². The Labute approximate surface area is 168 Å². The van der Waals surface area contributed by atoms with Crippen LogP contribution in [0.15, 0.2) is 40.1 Å². The molecule has 1 aliphatic rings. The zero-order valence-electron chi connectivity index (χ0n) is 16.3. The van der Waals surface area contributed by atoms with Gasteiger partial charge >= 0.3 is 5.69 Å². The molecule has 158 valence electrons. The Bertz CT molecular complexity index is 1070. The van der Waals surface area contributed by atoms with Crippen molar-refractivity contribution in [2.75, 3.05) is 18.1 Å². The molecule has 0 unspecified atom stereocenters. The Kier molecular flexibility index (Phi) is 6.56. The number of H-pyrrole nitrogens is 1. The summed E-state index contributed by atoms with van der Waals surface area (Å²) in [5.74, 6) is -0.284. The zero-order chi connectivity index (χ0) is 21.0. The number of nitrogens with zero attached hydrogens (tertiary/aromatic N) is 1. The Morgan fingerprint density at radius 2 is 2.03 bits per heavy atom. The van der Waals surface area contributed by atoms with Gasteiger partial charge in [0.25, 0.3) is 5.56 Å². The van der Waals surface area contributed by atoms with Crippen LogP contribution in [0.25, 0.3) is 0 Å². The van der Waals surface area contributed by atoms with Gasteiger partial charge in [-0.2, -0.15) is 0 Å². The predicted molar refractivity (Wildman–Crippen MR) is 108 cm³/mol. The van der Waals surface area contributed by atoms with E-state index in [-0.39, 0.29) is 36.1 Å². The smallest absolute Gasteiger partial charge is 0.328 e. The highest BCUT2D eigenvalue weighted by molar-refractivity contribution is 7.91. The lowest BCUT2D eigenvalue weighted by Gasteiger charge is -2.15. The molecule has 1 atom stereocenters. The molecule has 7 nitrogen and oxygen atoms in total. The maximum atomic E-state index is 13.9. The monoisotopic (exact) mass is 424 g/mol. The van der Waals surface area contributed by atoms with Crippen molar-refractivity contribution in [3.8, 4) is 5.75 Å². The second-order valence-electron chi connectivity index (χ2n) is 7.62. The summed E-state index contributed by atoms with van der Waals surface area (Å²) in [6.07, 6.45) is 3.79. The second-order valence-corrected chi connectivity index (χ2v) is 9.85. The molecule has 3 rings (SSSR count). The van der Waals surface area contributed by atoms with E-state index in [1.807, 2.05) is 0 Å². The van der Waals surface area contributed by atoms with E-state index in [1.165, 1.54) is 22.9 Å². The van der Waals surface area contributed by atoms with Gasteiger partial charge in [0.05, 0.1) is 18.1 Å². The van der Waals surface area contributed by atoms with Crippen LogP contribution in [0.3, 0.4) is 0 Å². The molecular formula is C20H25FN2O5S. The van der Waals surface area contributed by atoms with Gasteiger partial charge in [0.15, 0.2) is 21.4 Å². The summed E-state index contributed by atoms with van der Waals surface area (Å²) in [7, 11) is -3.38. The highest BCUT2D eigenvalue weighted by Crippen LogP contribution is 2.31. The van der Waals surface area contributed by atoms with E-state index in [4.69, 9.17) is 4.74 Å². The zero-order valence-corrected chi connectivity index (χ0v) is 17.1. The molecule has 29 heavy (non-hydrogen) atoms. The minimum atomic E-state index is -3.38. The maximum absolute atomic E-state index is 13.9. The van der Waals surface area contributed by atoms with Crippen LogP contribution in [-0.2, 0) is 16.4 Å². The van der Waals surface area contributed by atoms with Crippen molar-refractivity contribution in [1.29, 1.82) is 0 Å². The first-order valence-electron chi connectivity index (χ1n) is 9.66. The summed E-state index contributed by atoms with van der Waals surface area (Å²) < 4.78 is 45.7. The molecule has 1 heterocycles. The van der Waals surface area contributed by atoms with Gasteiger partial charge in [-0.3, -0.25) is 9.78 Å². The minimum absolute atomic E-state index is 0.0821. The van der Waals surface area contributed by atoms with Gasteiger partial charge in [-0.15, -0.1) is 0 Å². The SMILES string of the molecule is C[C@@H](CS(=O)(=O)CCCn1ccc(=O)[nH]c1=O)c1ccc(F)c(OCC2CC2)c1. The van der Waals surface area contributed by atoms with Crippen LogP contribution in [0.2, 0.25) is 0 Å². The number of benzene rings is 1. The van der Waals surface area contributed by atoms with Crippen molar-refractivity contribution in [1.82, 2.24) is 9.55 Å². The third-order valence-electron chi connectivity index (χ3n) is 4.95. The summed E-state index contributed by atoms with van der Waals surface area (Å²) in [6, 6.07) is 5.69. The molecule has 1 fully saturated rings. The van der Waals surface area contributed by atoms with E-state index < -0.39 is 26.9 Å². The van der Waals surface area contributed by atoms with Gasteiger partial charge in [0.1, 0.15) is 0 Å². The quantitative estimate of drug-likeness (QED) is 0.630. The van der Waals surface area contributed by atoms with Crippen molar-refractivity contribution in [2.45, 2.75) is 38.6 Å². The van der Waals surface area contributed by atoms with Crippen LogP contribution in [0.1, 0.15) is 37.7 Å². The number of halogens is 1. The molecule has 0 amide bonds. The second kappa shape index (κ2) is 8.94. The third-order valence-corrected chi connectivity index (χ3v) is 6.87. The van der Waals surface area contributed by atoms with Crippen LogP contribution in [0.4, 0.5) is 4.39 Å². The molecule has 1 N–H and O–H groups in total. The van der Waals surface area contributed by atoms with E-state index >= 15 is 0 Å². The van der Waals surface area contributed by atoms with Crippen molar-refractivity contribution in [2.24, 2.45) is 5.92 Å². The molecule has 2 aromatic rings. The number of sulfone groups is 1. The van der Waals surface area contributed by atoms with E-state index in [2.05, 4.69) is 4.98 Å². The lowest BCUT2D eigenvalue weighted by atomic mass is 10.0. The topological polar surface area (TPSA) is 98.2 Å². The van der Waals surface area contributed by atoms with Crippen LogP contribution < -0.4 is 16.0 Å². The first-order valence-corrected chi connectivity index (χ1v) is 11.5. The predicted octanol–water partition coefficient (Wildman–Crippen LogP) is 2.07. The fraction of sp³-hybridized carbons (Fsp3) is 0.500. The molecular weight excluding hydrogens is 399 g/mol. The molecule has 0 bridgehead atoms. The van der Waals surface area contributed by atoms with E-state index in [0.717, 1.165) is 12.8 Å². The third kappa shape index (κ3) is 6.28. The molecule has 0 aliphatic heterocycles. The summed E-state index contributed by atoms with van der Waals surface area (Å²) in [5.41, 5.74) is -0.349. The number of aromatic nitrogens is 2. The van der Waals surface area contributed by atoms with Crippen LogP contribution in [0, 0.1) is 11.7 Å². The molecule has 9 heteroatoms. The Hall–Kier alpha value is -2.42. The van der Waals surface area contributed by atoms with Gasteiger partial charge in [0.2, 0.25) is 0 Å². The molecule has 0 radical (unpaired) electrons. The fourth-order valence-corrected chi connectivity index (χ4v) is 4.75. The normalized spacial score (nSPS) is 15.2. The Balaban J connectivity index is 1.56. The highest BCUT2D eigenvalue weighted by atomic mass is 32.2. The standard InChI is InChI=1S/C20H25FN2O5S/c1-14(16-5-6-17(21)18(11-16)28-12-15-3-4-15)13-29(26,27)10-2-8-23-9-7-19(24)22-20(23)25/h5-7,9,11,14-15H,2-4,8,10,12-13H2,1H3,(H,22,24,25)/t14-/m0/s1. The summed E-state index contributed by atoms with van der Waals surface area (Å²) in [6.45, 7) is 2.46. The number of hydrogen-bond acceptors (Lipinski definition) is 5. The average molecular weight is 424 g/mol. The van der Waals surface area contributed by atoms with E-state index in [9.17, 15) is 22.4 Å². The molecule has 0 spiro atoms. The van der Waals surface area contributed by atoms with Crippen LogP contribution in [0.5, 0.6) is 5.75 Å². The first kappa shape index (κ1) is 21.3. The largest absolute Gasteiger partial charge is 0.490 e. The Morgan fingerprint density at radius 3 is 2.72 bits per heavy atom. The summed E-state index contributed by atoms with van der Waals surface area (Å²) in [4.78, 5) is 24.8. The van der Waals surface area contributed by atoms with Crippen LogP contribution >= 0.6 is 0 Å². The molecule has 0 saturated heterocycles. The number of aryl methyl sites for hydroxylation is 1. The number of rotatable bonds is 10. The maximum Gasteiger partial charge on any atom is 0.328 e. The van der Waals surface area contributed by atoms with Crippen molar-refractivity contribution in [3.63, 3.8) is 0 Å². The minimum Gasteiger partial charge on any atom is -0.490 e. The molecule has 1 aromatic carbocycles. The highest BCUT2D eigenvalue weighted by Gasteiger charge is 2.23. The van der Waals surface area contributed by atoms with Gasteiger partial charge in [-0.05, 0) is 48.8 Å². The summed E-state index contributed by atoms with van der Waals surface area (Å²) in [5, 5.41) is 0. The lowest BCUT2D eigenvalue weighted by Crippen LogP contribution is -2.29. The molecule has 1 aliphatic carbocycles. The van der Waals surface area contributed by atoms with E-state index in [0.29, 0.717) is 18.1 Å². The van der Waals surface area contributed by atoms with E-state index in [1.54, 1.807) is 19.1 Å². The number of hydrogen-bond donors (Lipinski definition) is 1. The number of ether oxygens (including phenoxy) is 1. The van der Waals surface area contributed by atoms with Gasteiger partial charge in [0, 0.05) is 18.8 Å². The van der Waals surface area contributed by atoms with Gasteiger partial charge in [-0.1, -0.05) is 13.0 Å². The Morgan fingerprint density at radius 1 is 1.28 bits per heavy atom. The fourth-order valence-electron chi connectivity index (χ4n) is 3.06. The molecule has 1 aromatic heterocycles.